The summed E-state index contributed by atoms with van der Waals surface area (Å²) in [7, 11) is 1.65. The summed E-state index contributed by atoms with van der Waals surface area (Å²) in [6, 6.07) is 15.9. The maximum Gasteiger partial charge on any atom is 0.257 e. The highest BCUT2D eigenvalue weighted by molar-refractivity contribution is 6.03. The first-order valence-electron chi connectivity index (χ1n) is 11.0. The maximum atomic E-state index is 13.4. The molecule has 0 spiro atoms. The van der Waals surface area contributed by atoms with E-state index in [0.717, 1.165) is 28.2 Å². The number of hydrazone groups is 1. The first-order chi connectivity index (χ1) is 15.5. The third kappa shape index (κ3) is 4.67. The van der Waals surface area contributed by atoms with E-state index in [9.17, 15) is 9.59 Å². The van der Waals surface area contributed by atoms with Crippen LogP contribution in [0.3, 0.4) is 0 Å². The van der Waals surface area contributed by atoms with Crippen LogP contribution in [0.1, 0.15) is 36.1 Å². The summed E-state index contributed by atoms with van der Waals surface area (Å²) in [5.41, 5.74) is 4.16. The lowest BCUT2D eigenvalue weighted by molar-refractivity contribution is -0.135. The van der Waals surface area contributed by atoms with Crippen molar-refractivity contribution >= 4 is 17.5 Å². The molecule has 2 aliphatic heterocycles. The number of amides is 2. The molecule has 0 bridgehead atoms. The monoisotopic (exact) mass is 434 g/mol. The van der Waals surface area contributed by atoms with Crippen LogP contribution in [-0.2, 0) is 9.59 Å². The summed E-state index contributed by atoms with van der Waals surface area (Å²) < 4.78 is 5.27. The molecule has 0 saturated carbocycles. The summed E-state index contributed by atoms with van der Waals surface area (Å²) in [4.78, 5) is 28.9. The number of hydrogen-bond donors (Lipinski definition) is 0. The van der Waals surface area contributed by atoms with Crippen LogP contribution in [0, 0.1) is 6.92 Å². The Morgan fingerprint density at radius 3 is 2.34 bits per heavy atom. The molecule has 0 radical (unpaired) electrons. The van der Waals surface area contributed by atoms with Gasteiger partial charge in [0, 0.05) is 39.5 Å². The molecule has 2 aromatic carbocycles. The van der Waals surface area contributed by atoms with Gasteiger partial charge in [0.05, 0.1) is 25.4 Å². The Bertz CT molecular complexity index is 1010. The van der Waals surface area contributed by atoms with Gasteiger partial charge in [0.15, 0.2) is 0 Å². The van der Waals surface area contributed by atoms with Crippen LogP contribution < -0.4 is 4.74 Å². The number of ether oxygens (including phenoxy) is 1. The average Bonchev–Trinajstić information content (AvgIpc) is 3.25. The highest BCUT2D eigenvalue weighted by Gasteiger charge is 2.34. The fourth-order valence-corrected chi connectivity index (χ4v) is 4.39. The largest absolute Gasteiger partial charge is 0.497 e. The van der Waals surface area contributed by atoms with Gasteiger partial charge in [-0.1, -0.05) is 24.3 Å². The van der Waals surface area contributed by atoms with Crippen LogP contribution in [-0.4, -0.2) is 72.2 Å². The molecule has 1 fully saturated rings. The Kier molecular flexibility index (Phi) is 6.55. The van der Waals surface area contributed by atoms with Gasteiger partial charge in [-0.15, -0.1) is 0 Å². The van der Waals surface area contributed by atoms with Crippen LogP contribution in [0.2, 0.25) is 0 Å². The number of carbonyl (C=O) groups excluding carboxylic acids is 2. The van der Waals surface area contributed by atoms with Gasteiger partial charge < -0.3 is 9.64 Å². The molecule has 168 valence electrons. The molecule has 4 rings (SSSR count). The molecule has 2 heterocycles. The number of hydrogen-bond acceptors (Lipinski definition) is 5. The van der Waals surface area contributed by atoms with Crippen molar-refractivity contribution in [2.75, 3.05) is 39.8 Å². The number of carbonyl (C=O) groups is 2. The summed E-state index contributed by atoms with van der Waals surface area (Å²) in [6.45, 7) is 6.67. The molecule has 2 aromatic rings. The third-order valence-electron chi connectivity index (χ3n) is 6.31. The Balaban J connectivity index is 1.55. The zero-order chi connectivity index (χ0) is 22.7. The second kappa shape index (κ2) is 9.53. The minimum absolute atomic E-state index is 0.0157. The second-order valence-corrected chi connectivity index (χ2v) is 8.37. The van der Waals surface area contributed by atoms with E-state index in [1.807, 2.05) is 41.3 Å². The van der Waals surface area contributed by atoms with Crippen LogP contribution in [0.4, 0.5) is 0 Å². The van der Waals surface area contributed by atoms with E-state index in [2.05, 4.69) is 24.0 Å². The van der Waals surface area contributed by atoms with Crippen molar-refractivity contribution in [2.24, 2.45) is 5.10 Å². The maximum absolute atomic E-state index is 13.4. The van der Waals surface area contributed by atoms with Crippen molar-refractivity contribution in [2.45, 2.75) is 26.3 Å². The third-order valence-corrected chi connectivity index (χ3v) is 6.31. The first kappa shape index (κ1) is 22.0. The van der Waals surface area contributed by atoms with Gasteiger partial charge in [-0.05, 0) is 47.9 Å². The minimum Gasteiger partial charge on any atom is -0.497 e. The van der Waals surface area contributed by atoms with Crippen molar-refractivity contribution in [3.05, 3.63) is 65.2 Å². The van der Waals surface area contributed by atoms with E-state index in [4.69, 9.17) is 9.84 Å². The highest BCUT2D eigenvalue weighted by atomic mass is 16.5. The van der Waals surface area contributed by atoms with Crippen molar-refractivity contribution in [1.29, 1.82) is 0 Å². The first-order valence-corrected chi connectivity index (χ1v) is 11.0. The second-order valence-electron chi connectivity index (χ2n) is 8.37. The number of benzene rings is 2. The van der Waals surface area contributed by atoms with Crippen molar-refractivity contribution < 1.29 is 14.3 Å². The summed E-state index contributed by atoms with van der Waals surface area (Å²) >= 11 is 0. The van der Waals surface area contributed by atoms with E-state index < -0.39 is 0 Å². The average molecular weight is 435 g/mol. The van der Waals surface area contributed by atoms with E-state index in [0.29, 0.717) is 39.1 Å². The van der Waals surface area contributed by atoms with Gasteiger partial charge >= 0.3 is 0 Å². The Morgan fingerprint density at radius 2 is 1.72 bits per heavy atom. The lowest BCUT2D eigenvalue weighted by atomic mass is 9.95. The lowest BCUT2D eigenvalue weighted by Crippen LogP contribution is -2.50. The summed E-state index contributed by atoms with van der Waals surface area (Å²) in [5, 5.41) is 6.46. The number of rotatable bonds is 5. The quantitative estimate of drug-likeness (QED) is 0.726. The SMILES string of the molecule is COc1ccc(C2=NN(C(=O)CN3CCN(C(C)=O)CC3)[C@@H](c3ccccc3C)C2)cc1. The van der Waals surface area contributed by atoms with E-state index >= 15 is 0 Å². The predicted octanol–water partition coefficient (Wildman–Crippen LogP) is 2.85. The molecular weight excluding hydrogens is 404 g/mol. The van der Waals surface area contributed by atoms with E-state index in [-0.39, 0.29) is 17.9 Å². The zero-order valence-electron chi connectivity index (χ0n) is 19.0. The molecule has 32 heavy (non-hydrogen) atoms. The fraction of sp³-hybridized carbons (Fsp3) is 0.400. The standard InChI is InChI=1S/C25H30N4O3/c1-18-6-4-5-7-22(18)24-16-23(20-8-10-21(32-3)11-9-20)26-29(24)25(31)17-27-12-14-28(15-13-27)19(2)30/h4-11,24H,12-17H2,1-3H3/t24-/m1/s1. The molecule has 0 N–H and O–H groups in total. The molecule has 7 heteroatoms. The molecule has 1 saturated heterocycles. The number of nitrogens with zero attached hydrogens (tertiary/aromatic N) is 4. The van der Waals surface area contributed by atoms with Gasteiger partial charge in [0.2, 0.25) is 5.91 Å². The highest BCUT2D eigenvalue weighted by Crippen LogP contribution is 2.34. The van der Waals surface area contributed by atoms with Gasteiger partial charge in [-0.3, -0.25) is 14.5 Å². The molecule has 0 unspecified atom stereocenters. The summed E-state index contributed by atoms with van der Waals surface area (Å²) in [5.74, 6) is 0.863. The van der Waals surface area contributed by atoms with Crippen molar-refractivity contribution in [3.63, 3.8) is 0 Å². The van der Waals surface area contributed by atoms with E-state index in [1.54, 1.807) is 19.0 Å². The topological polar surface area (TPSA) is 65.5 Å². The molecule has 7 nitrogen and oxygen atoms in total. The molecule has 0 aliphatic carbocycles. The molecule has 0 aromatic heterocycles. The Morgan fingerprint density at radius 1 is 1.03 bits per heavy atom. The number of aryl methyl sites for hydroxylation is 1. The van der Waals surface area contributed by atoms with Gasteiger partial charge in [-0.25, -0.2) is 5.01 Å². The summed E-state index contributed by atoms with van der Waals surface area (Å²) in [6.07, 6.45) is 0.668. The normalized spacial score (nSPS) is 19.1. The molecule has 2 amide bonds. The molecule has 1 atom stereocenters. The minimum atomic E-state index is -0.126. The van der Waals surface area contributed by atoms with Gasteiger partial charge in [-0.2, -0.15) is 5.10 Å². The lowest BCUT2D eigenvalue weighted by Gasteiger charge is -2.34. The number of piperazine rings is 1. The van der Waals surface area contributed by atoms with Crippen LogP contribution in [0.5, 0.6) is 5.75 Å². The van der Waals surface area contributed by atoms with Gasteiger partial charge in [0.25, 0.3) is 5.91 Å². The smallest absolute Gasteiger partial charge is 0.257 e. The van der Waals surface area contributed by atoms with Crippen LogP contribution in [0.25, 0.3) is 0 Å². The van der Waals surface area contributed by atoms with Crippen LogP contribution in [0.15, 0.2) is 53.6 Å². The van der Waals surface area contributed by atoms with Crippen molar-refractivity contribution in [3.8, 4) is 5.75 Å². The molecular formula is C25H30N4O3. The van der Waals surface area contributed by atoms with E-state index in [1.165, 1.54) is 0 Å². The number of methoxy groups -OCH3 is 1. The van der Waals surface area contributed by atoms with Gasteiger partial charge in [0.1, 0.15) is 5.75 Å². The van der Waals surface area contributed by atoms with Crippen molar-refractivity contribution in [1.82, 2.24) is 14.8 Å². The van der Waals surface area contributed by atoms with Crippen LogP contribution >= 0.6 is 0 Å². The Labute approximate surface area is 189 Å². The Hall–Kier alpha value is -3.19. The fourth-order valence-electron chi connectivity index (χ4n) is 4.39. The molecule has 2 aliphatic rings. The predicted molar refractivity (Wildman–Crippen MR) is 124 cm³/mol. The zero-order valence-corrected chi connectivity index (χ0v) is 19.0.